The maximum Gasteiger partial charge on any atom is 0.171 e. The summed E-state index contributed by atoms with van der Waals surface area (Å²) in [5.74, 6) is 0.0637. The maximum absolute atomic E-state index is 8.52. The normalized spacial score (nSPS) is 11.4. The lowest BCUT2D eigenvalue weighted by Gasteiger charge is -2.02. The van der Waals surface area contributed by atoms with E-state index in [1.54, 1.807) is 24.0 Å². The average Bonchev–Trinajstić information content (AvgIpc) is 2.40. The van der Waals surface area contributed by atoms with Gasteiger partial charge in [-0.05, 0) is 24.3 Å². The summed E-state index contributed by atoms with van der Waals surface area (Å²) >= 11 is 1.56. The Labute approximate surface area is 103 Å². The largest absolute Gasteiger partial charge is 0.409 e. The second-order valence-corrected chi connectivity index (χ2v) is 4.38. The second-order valence-electron chi connectivity index (χ2n) is 3.29. The number of oxime groups is 1. The Morgan fingerprint density at radius 3 is 2.53 bits per heavy atom. The Bertz CT molecular complexity index is 511. The Kier molecular flexibility index (Phi) is 3.62. The van der Waals surface area contributed by atoms with Crippen LogP contribution in [0.1, 0.15) is 5.56 Å². The van der Waals surface area contributed by atoms with Crippen molar-refractivity contribution < 1.29 is 5.21 Å². The molecule has 0 atom stereocenters. The van der Waals surface area contributed by atoms with Crippen LogP contribution in [0.25, 0.3) is 0 Å². The van der Waals surface area contributed by atoms with Gasteiger partial charge in [0.2, 0.25) is 0 Å². The molecule has 2 rings (SSSR count). The molecule has 0 fully saturated rings. The average molecular weight is 245 g/mol. The quantitative estimate of drug-likeness (QED) is 0.377. The van der Waals surface area contributed by atoms with Crippen molar-refractivity contribution in [1.29, 1.82) is 0 Å². The SMILES string of the molecule is NC(=NO)c1ccc(Sc2ccccc2)nc1. The highest BCUT2D eigenvalue weighted by atomic mass is 32.2. The Hall–Kier alpha value is -2.01. The summed E-state index contributed by atoms with van der Waals surface area (Å²) in [7, 11) is 0. The zero-order chi connectivity index (χ0) is 12.1. The van der Waals surface area contributed by atoms with E-state index >= 15 is 0 Å². The molecular weight excluding hydrogens is 234 g/mol. The molecule has 0 saturated heterocycles. The molecule has 2 aromatic rings. The van der Waals surface area contributed by atoms with E-state index in [9.17, 15) is 0 Å². The molecule has 4 nitrogen and oxygen atoms in total. The lowest BCUT2D eigenvalue weighted by molar-refractivity contribution is 0.318. The number of pyridine rings is 1. The van der Waals surface area contributed by atoms with Crippen molar-refractivity contribution in [3.8, 4) is 0 Å². The van der Waals surface area contributed by atoms with E-state index in [4.69, 9.17) is 10.9 Å². The minimum Gasteiger partial charge on any atom is -0.409 e. The van der Waals surface area contributed by atoms with E-state index in [-0.39, 0.29) is 5.84 Å². The first-order valence-electron chi connectivity index (χ1n) is 4.96. The number of hydrogen-bond donors (Lipinski definition) is 2. The molecule has 1 aromatic heterocycles. The van der Waals surface area contributed by atoms with Gasteiger partial charge in [0, 0.05) is 16.7 Å². The van der Waals surface area contributed by atoms with E-state index in [1.165, 1.54) is 0 Å². The fraction of sp³-hybridized carbons (Fsp3) is 0. The predicted octanol–water partition coefficient (Wildman–Crippen LogP) is 2.33. The predicted molar refractivity (Wildman–Crippen MR) is 67.3 cm³/mol. The maximum atomic E-state index is 8.52. The van der Waals surface area contributed by atoms with Crippen molar-refractivity contribution in [1.82, 2.24) is 4.98 Å². The second kappa shape index (κ2) is 5.36. The molecule has 1 aromatic carbocycles. The molecule has 0 spiro atoms. The van der Waals surface area contributed by atoms with Gasteiger partial charge in [-0.3, -0.25) is 0 Å². The van der Waals surface area contributed by atoms with Crippen molar-refractivity contribution in [2.75, 3.05) is 0 Å². The van der Waals surface area contributed by atoms with Gasteiger partial charge in [0.05, 0.1) is 0 Å². The third kappa shape index (κ3) is 2.98. The van der Waals surface area contributed by atoms with Gasteiger partial charge < -0.3 is 10.9 Å². The van der Waals surface area contributed by atoms with Crippen LogP contribution in [0.4, 0.5) is 0 Å². The molecule has 86 valence electrons. The van der Waals surface area contributed by atoms with Crippen LogP contribution >= 0.6 is 11.8 Å². The van der Waals surface area contributed by atoms with Crippen LogP contribution in [0.2, 0.25) is 0 Å². The molecule has 0 aliphatic carbocycles. The molecule has 5 heteroatoms. The van der Waals surface area contributed by atoms with Crippen LogP contribution in [0, 0.1) is 0 Å². The summed E-state index contributed by atoms with van der Waals surface area (Å²) in [4.78, 5) is 5.36. The highest BCUT2D eigenvalue weighted by Gasteiger charge is 2.01. The van der Waals surface area contributed by atoms with E-state index in [0.29, 0.717) is 5.56 Å². The van der Waals surface area contributed by atoms with Crippen LogP contribution in [-0.2, 0) is 0 Å². The van der Waals surface area contributed by atoms with E-state index in [2.05, 4.69) is 10.1 Å². The minimum atomic E-state index is 0.0637. The highest BCUT2D eigenvalue weighted by Crippen LogP contribution is 2.25. The summed E-state index contributed by atoms with van der Waals surface area (Å²) in [6, 6.07) is 13.6. The van der Waals surface area contributed by atoms with Gasteiger partial charge in [0.25, 0.3) is 0 Å². The molecule has 17 heavy (non-hydrogen) atoms. The third-order valence-electron chi connectivity index (χ3n) is 2.11. The number of benzene rings is 1. The van der Waals surface area contributed by atoms with Crippen LogP contribution < -0.4 is 5.73 Å². The van der Waals surface area contributed by atoms with Crippen LogP contribution in [0.15, 0.2) is 63.7 Å². The van der Waals surface area contributed by atoms with E-state index < -0.39 is 0 Å². The van der Waals surface area contributed by atoms with Gasteiger partial charge in [0.15, 0.2) is 5.84 Å². The Balaban J connectivity index is 2.14. The van der Waals surface area contributed by atoms with Gasteiger partial charge in [-0.1, -0.05) is 35.1 Å². The first-order chi connectivity index (χ1) is 8.29. The van der Waals surface area contributed by atoms with Crippen molar-refractivity contribution in [2.45, 2.75) is 9.92 Å². The molecule has 0 bridgehead atoms. The van der Waals surface area contributed by atoms with Crippen LogP contribution in [-0.4, -0.2) is 16.0 Å². The molecule has 0 saturated carbocycles. The summed E-state index contributed by atoms with van der Waals surface area (Å²) in [5.41, 5.74) is 6.05. The molecular formula is C12H11N3OS. The molecule has 0 aliphatic rings. The zero-order valence-corrected chi connectivity index (χ0v) is 9.76. The number of hydrogen-bond acceptors (Lipinski definition) is 4. The van der Waals surface area contributed by atoms with Crippen molar-refractivity contribution in [2.24, 2.45) is 10.9 Å². The number of nitrogens with zero attached hydrogens (tertiary/aromatic N) is 2. The molecule has 3 N–H and O–H groups in total. The number of aromatic nitrogens is 1. The molecule has 0 amide bonds. The summed E-state index contributed by atoms with van der Waals surface area (Å²) in [6.07, 6.45) is 1.58. The number of rotatable bonds is 3. The summed E-state index contributed by atoms with van der Waals surface area (Å²) in [5, 5.41) is 12.3. The molecule has 0 radical (unpaired) electrons. The first-order valence-corrected chi connectivity index (χ1v) is 5.78. The first kappa shape index (κ1) is 11.5. The van der Waals surface area contributed by atoms with Crippen molar-refractivity contribution in [3.05, 3.63) is 54.2 Å². The van der Waals surface area contributed by atoms with Gasteiger partial charge in [-0.25, -0.2) is 4.98 Å². The van der Waals surface area contributed by atoms with E-state index in [1.807, 2.05) is 36.4 Å². The highest BCUT2D eigenvalue weighted by molar-refractivity contribution is 7.99. The van der Waals surface area contributed by atoms with Gasteiger partial charge in [-0.15, -0.1) is 0 Å². The van der Waals surface area contributed by atoms with Gasteiger partial charge in [0.1, 0.15) is 5.03 Å². The van der Waals surface area contributed by atoms with Crippen molar-refractivity contribution >= 4 is 17.6 Å². The smallest absolute Gasteiger partial charge is 0.171 e. The van der Waals surface area contributed by atoms with E-state index in [0.717, 1.165) is 9.92 Å². The monoisotopic (exact) mass is 245 g/mol. The lowest BCUT2D eigenvalue weighted by Crippen LogP contribution is -2.13. The van der Waals surface area contributed by atoms with Crippen LogP contribution in [0.5, 0.6) is 0 Å². The van der Waals surface area contributed by atoms with Gasteiger partial charge in [-0.2, -0.15) is 0 Å². The molecule has 1 heterocycles. The molecule has 0 aliphatic heterocycles. The zero-order valence-electron chi connectivity index (χ0n) is 8.95. The minimum absolute atomic E-state index is 0.0637. The number of amidine groups is 1. The third-order valence-corrected chi connectivity index (χ3v) is 3.06. The number of nitrogens with two attached hydrogens (primary N) is 1. The van der Waals surface area contributed by atoms with Crippen molar-refractivity contribution in [3.63, 3.8) is 0 Å². The van der Waals surface area contributed by atoms with Gasteiger partial charge >= 0.3 is 0 Å². The fourth-order valence-electron chi connectivity index (χ4n) is 1.26. The lowest BCUT2D eigenvalue weighted by atomic mass is 10.3. The Morgan fingerprint density at radius 2 is 1.94 bits per heavy atom. The summed E-state index contributed by atoms with van der Waals surface area (Å²) < 4.78 is 0. The standard InChI is InChI=1S/C12H11N3OS/c13-12(15-16)9-6-7-11(14-8-9)17-10-4-2-1-3-5-10/h1-8,16H,(H2,13,15). The van der Waals surface area contributed by atoms with Crippen LogP contribution in [0.3, 0.4) is 0 Å². The summed E-state index contributed by atoms with van der Waals surface area (Å²) in [6.45, 7) is 0. The Morgan fingerprint density at radius 1 is 1.18 bits per heavy atom. The topological polar surface area (TPSA) is 71.5 Å². The fourth-order valence-corrected chi connectivity index (χ4v) is 2.04. The molecule has 0 unspecified atom stereocenters.